The van der Waals surface area contributed by atoms with Gasteiger partial charge in [0.05, 0.1) is 0 Å². The number of hydrogen-bond donors (Lipinski definition) is 1. The van der Waals surface area contributed by atoms with Crippen molar-refractivity contribution in [2.45, 2.75) is 40.5 Å². The number of allylic oxidation sites excluding steroid dienone is 4. The second kappa shape index (κ2) is 7.39. The lowest BCUT2D eigenvalue weighted by Gasteiger charge is -2.23. The molecule has 1 aliphatic rings. The third-order valence-electron chi connectivity index (χ3n) is 4.59. The van der Waals surface area contributed by atoms with E-state index in [1.165, 1.54) is 0 Å². The van der Waals surface area contributed by atoms with E-state index in [0.29, 0.717) is 35.1 Å². The van der Waals surface area contributed by atoms with Gasteiger partial charge in [-0.25, -0.2) is 0 Å². The quantitative estimate of drug-likeness (QED) is 0.836. The zero-order chi connectivity index (χ0) is 17.9. The first-order chi connectivity index (χ1) is 11.3. The molecule has 1 aromatic carbocycles. The molecule has 0 saturated carbocycles. The molecule has 0 spiro atoms. The molecule has 0 heterocycles. The van der Waals surface area contributed by atoms with Gasteiger partial charge in [0.15, 0.2) is 11.6 Å². The Kier molecular flexibility index (Phi) is 5.50. The molecule has 1 unspecified atom stereocenters. The van der Waals surface area contributed by atoms with Crippen LogP contribution in [0.5, 0.6) is 0 Å². The van der Waals surface area contributed by atoms with Crippen molar-refractivity contribution < 1.29 is 14.4 Å². The van der Waals surface area contributed by atoms with E-state index in [1.54, 1.807) is 20.8 Å². The number of hydrogen-bond acceptors (Lipinski definition) is 3. The van der Waals surface area contributed by atoms with Gasteiger partial charge in [0.1, 0.15) is 0 Å². The Morgan fingerprint density at radius 1 is 0.958 bits per heavy atom. The number of carbonyl (C=O) groups is 3. The summed E-state index contributed by atoms with van der Waals surface area (Å²) in [4.78, 5) is 36.8. The fourth-order valence-corrected chi connectivity index (χ4v) is 2.95. The third kappa shape index (κ3) is 3.70. The Bertz CT molecular complexity index is 741. The molecular formula is C20H23NO3. The molecule has 24 heavy (non-hydrogen) atoms. The average molecular weight is 325 g/mol. The summed E-state index contributed by atoms with van der Waals surface area (Å²) in [6.45, 7) is 6.98. The van der Waals surface area contributed by atoms with E-state index in [9.17, 15) is 14.4 Å². The minimum absolute atomic E-state index is 0.0670. The van der Waals surface area contributed by atoms with Crippen molar-refractivity contribution in [1.29, 1.82) is 0 Å². The molecule has 4 nitrogen and oxygen atoms in total. The molecule has 126 valence electrons. The number of nitrogens with one attached hydrogen (secondary N) is 1. The number of rotatable bonds is 5. The fraction of sp³-hybridized carbons (Fsp3) is 0.350. The van der Waals surface area contributed by atoms with E-state index in [1.807, 2.05) is 37.3 Å². The van der Waals surface area contributed by atoms with E-state index < -0.39 is 0 Å². The molecule has 1 atom stereocenters. The number of carbonyl (C=O) groups excluding carboxylic acids is 3. The van der Waals surface area contributed by atoms with Crippen LogP contribution in [0.15, 0.2) is 52.6 Å². The highest BCUT2D eigenvalue weighted by atomic mass is 16.2. The maximum atomic E-state index is 12.5. The normalized spacial score (nSPS) is 16.5. The van der Waals surface area contributed by atoms with Crippen molar-refractivity contribution >= 4 is 23.2 Å². The molecule has 0 bridgehead atoms. The highest BCUT2D eigenvalue weighted by Gasteiger charge is 2.30. The lowest BCUT2D eigenvalue weighted by Crippen LogP contribution is -2.25. The van der Waals surface area contributed by atoms with Crippen molar-refractivity contribution in [1.82, 2.24) is 0 Å². The Morgan fingerprint density at radius 2 is 1.54 bits per heavy atom. The van der Waals surface area contributed by atoms with Crippen LogP contribution < -0.4 is 5.32 Å². The van der Waals surface area contributed by atoms with E-state index in [-0.39, 0.29) is 23.4 Å². The second-order valence-electron chi connectivity index (χ2n) is 6.30. The van der Waals surface area contributed by atoms with Crippen LogP contribution in [0.1, 0.15) is 40.5 Å². The summed E-state index contributed by atoms with van der Waals surface area (Å²) in [7, 11) is 0. The number of ketones is 2. The van der Waals surface area contributed by atoms with Crippen molar-refractivity contribution in [3.63, 3.8) is 0 Å². The summed E-state index contributed by atoms with van der Waals surface area (Å²) in [5.41, 5.74) is 2.86. The van der Waals surface area contributed by atoms with Crippen molar-refractivity contribution in [3.8, 4) is 0 Å². The predicted octanol–water partition coefficient (Wildman–Crippen LogP) is 3.85. The molecule has 2 rings (SSSR count). The lowest BCUT2D eigenvalue weighted by molar-refractivity contribution is -0.117. The van der Waals surface area contributed by atoms with E-state index >= 15 is 0 Å². The first-order valence-electron chi connectivity index (χ1n) is 8.15. The zero-order valence-corrected chi connectivity index (χ0v) is 14.6. The minimum atomic E-state index is -0.133. The van der Waals surface area contributed by atoms with Gasteiger partial charge in [0, 0.05) is 34.4 Å². The molecule has 0 saturated heterocycles. The summed E-state index contributed by atoms with van der Waals surface area (Å²) in [6, 6.07) is 9.26. The van der Waals surface area contributed by atoms with Crippen molar-refractivity contribution in [3.05, 3.63) is 52.6 Å². The van der Waals surface area contributed by atoms with Crippen LogP contribution >= 0.6 is 0 Å². The fourth-order valence-electron chi connectivity index (χ4n) is 2.95. The summed E-state index contributed by atoms with van der Waals surface area (Å²) in [5, 5.41) is 2.83. The Morgan fingerprint density at radius 3 is 2.17 bits per heavy atom. The summed E-state index contributed by atoms with van der Waals surface area (Å²) in [5.74, 6) is -0.362. The summed E-state index contributed by atoms with van der Waals surface area (Å²) in [6.07, 6.45) is 0.826. The van der Waals surface area contributed by atoms with E-state index in [4.69, 9.17) is 0 Å². The molecule has 1 aliphatic carbocycles. The first-order valence-corrected chi connectivity index (χ1v) is 8.15. The van der Waals surface area contributed by atoms with Gasteiger partial charge < -0.3 is 5.32 Å². The molecule has 1 aromatic rings. The predicted molar refractivity (Wildman–Crippen MR) is 94.6 cm³/mol. The summed E-state index contributed by atoms with van der Waals surface area (Å²) >= 11 is 0. The van der Waals surface area contributed by atoms with Gasteiger partial charge in [-0.1, -0.05) is 25.1 Å². The highest BCUT2D eigenvalue weighted by molar-refractivity contribution is 6.24. The van der Waals surface area contributed by atoms with Gasteiger partial charge in [-0.05, 0) is 45.2 Å². The molecule has 0 radical (unpaired) electrons. The Hall–Kier alpha value is -2.49. The number of para-hydroxylation sites is 1. The number of amides is 1. The SMILES string of the molecule is CC1=C(C)C(=O)C(C(C)CCC(=O)Nc2ccccc2)=C(C)C1=O. The van der Waals surface area contributed by atoms with Gasteiger partial charge in [-0.2, -0.15) is 0 Å². The minimum Gasteiger partial charge on any atom is -0.326 e. The van der Waals surface area contributed by atoms with Crippen molar-refractivity contribution in [2.24, 2.45) is 5.92 Å². The van der Waals surface area contributed by atoms with Gasteiger partial charge in [0.25, 0.3) is 0 Å². The number of Topliss-reactive ketones (excluding diaryl/α,β-unsaturated/α-hetero) is 2. The van der Waals surface area contributed by atoms with Crippen LogP contribution in [0.4, 0.5) is 5.69 Å². The third-order valence-corrected chi connectivity index (χ3v) is 4.59. The summed E-state index contributed by atoms with van der Waals surface area (Å²) < 4.78 is 0. The largest absolute Gasteiger partial charge is 0.326 e. The molecule has 4 heteroatoms. The van der Waals surface area contributed by atoms with Crippen LogP contribution in [0.25, 0.3) is 0 Å². The van der Waals surface area contributed by atoms with Gasteiger partial charge in [-0.15, -0.1) is 0 Å². The van der Waals surface area contributed by atoms with Crippen LogP contribution in [-0.2, 0) is 14.4 Å². The molecule has 1 amide bonds. The maximum Gasteiger partial charge on any atom is 0.224 e. The average Bonchev–Trinajstić information content (AvgIpc) is 2.57. The van der Waals surface area contributed by atoms with E-state index in [2.05, 4.69) is 5.32 Å². The molecule has 0 aliphatic heterocycles. The molecule has 0 fully saturated rings. The van der Waals surface area contributed by atoms with Gasteiger partial charge in [-0.3, -0.25) is 14.4 Å². The maximum absolute atomic E-state index is 12.5. The Labute approximate surface area is 142 Å². The highest BCUT2D eigenvalue weighted by Crippen LogP contribution is 2.30. The lowest BCUT2D eigenvalue weighted by atomic mass is 9.79. The Balaban J connectivity index is 2.02. The first kappa shape index (κ1) is 17.9. The molecular weight excluding hydrogens is 302 g/mol. The van der Waals surface area contributed by atoms with E-state index in [0.717, 1.165) is 5.69 Å². The monoisotopic (exact) mass is 325 g/mol. The topological polar surface area (TPSA) is 63.2 Å². The molecule has 1 N–H and O–H groups in total. The zero-order valence-electron chi connectivity index (χ0n) is 14.6. The standard InChI is InChI=1S/C20H23NO3/c1-12(10-11-17(22)21-16-8-6-5-7-9-16)18-15(4)19(23)13(2)14(3)20(18)24/h5-9,12H,10-11H2,1-4H3,(H,21,22). The smallest absolute Gasteiger partial charge is 0.224 e. The second-order valence-corrected chi connectivity index (χ2v) is 6.30. The van der Waals surface area contributed by atoms with Crippen LogP contribution in [-0.4, -0.2) is 17.5 Å². The number of anilines is 1. The number of benzene rings is 1. The van der Waals surface area contributed by atoms with Gasteiger partial charge in [0.2, 0.25) is 5.91 Å². The van der Waals surface area contributed by atoms with Crippen molar-refractivity contribution in [2.75, 3.05) is 5.32 Å². The molecule has 0 aromatic heterocycles. The van der Waals surface area contributed by atoms with Crippen LogP contribution in [0, 0.1) is 5.92 Å². The van der Waals surface area contributed by atoms with Crippen LogP contribution in [0.2, 0.25) is 0 Å². The van der Waals surface area contributed by atoms with Gasteiger partial charge >= 0.3 is 0 Å². The van der Waals surface area contributed by atoms with Crippen LogP contribution in [0.3, 0.4) is 0 Å².